The Hall–Kier alpha value is -2.81. The first-order valence-corrected chi connectivity index (χ1v) is 7.22. The number of aliphatic hydroxyl groups excluding tert-OH is 1. The van der Waals surface area contributed by atoms with Crippen LogP contribution in [0.25, 0.3) is 16.7 Å². The smallest absolute Gasteiger partial charge is 0.117 e. The fraction of sp³-hybridized carbons (Fsp3) is 0.105. The van der Waals surface area contributed by atoms with Crippen LogP contribution in [0.3, 0.4) is 0 Å². The first-order valence-electron chi connectivity index (χ1n) is 7.22. The molecule has 1 aromatic carbocycles. The lowest BCUT2D eigenvalue weighted by molar-refractivity contribution is 0.429. The zero-order valence-electron chi connectivity index (χ0n) is 12.6. The molecule has 2 aromatic rings. The van der Waals surface area contributed by atoms with E-state index in [2.05, 4.69) is 42.1 Å². The fourth-order valence-electron chi connectivity index (χ4n) is 2.71. The van der Waals surface area contributed by atoms with E-state index in [0.717, 1.165) is 34.5 Å². The van der Waals surface area contributed by atoms with Gasteiger partial charge in [-0.2, -0.15) is 0 Å². The van der Waals surface area contributed by atoms with E-state index in [4.69, 9.17) is 0 Å². The predicted octanol–water partition coefficient (Wildman–Crippen LogP) is 4.56. The SMILES string of the molecule is C=C(O)C1=CN(CC)c2cc(-c3ccncc3)ccc2C1=C. The standard InChI is InChI=1S/C19H18N2O/c1-4-21-12-18(14(3)22)13(2)17-6-5-16(11-19(17)21)15-7-9-20-10-8-15/h5-12,22H,2-4H2,1H3. The van der Waals surface area contributed by atoms with Crippen molar-refractivity contribution in [3.05, 3.63) is 79.0 Å². The number of benzene rings is 1. The highest BCUT2D eigenvalue weighted by molar-refractivity contribution is 5.92. The number of pyridine rings is 1. The summed E-state index contributed by atoms with van der Waals surface area (Å²) < 4.78 is 0. The van der Waals surface area contributed by atoms with Gasteiger partial charge in [0.2, 0.25) is 0 Å². The molecule has 0 saturated heterocycles. The van der Waals surface area contributed by atoms with Gasteiger partial charge in [0.25, 0.3) is 0 Å². The van der Waals surface area contributed by atoms with Gasteiger partial charge >= 0.3 is 0 Å². The molecule has 1 N–H and O–H groups in total. The number of aliphatic hydroxyl groups is 1. The number of aromatic nitrogens is 1. The summed E-state index contributed by atoms with van der Waals surface area (Å²) in [5.74, 6) is 0.0484. The van der Waals surface area contributed by atoms with Crippen LogP contribution in [0.1, 0.15) is 12.5 Å². The van der Waals surface area contributed by atoms with Gasteiger partial charge in [-0.15, -0.1) is 0 Å². The van der Waals surface area contributed by atoms with E-state index in [9.17, 15) is 5.11 Å². The van der Waals surface area contributed by atoms with Crippen molar-refractivity contribution in [1.29, 1.82) is 0 Å². The topological polar surface area (TPSA) is 36.4 Å². The minimum Gasteiger partial charge on any atom is -0.508 e. The molecular weight excluding hydrogens is 272 g/mol. The van der Waals surface area contributed by atoms with Crippen LogP contribution in [-0.2, 0) is 0 Å². The number of nitrogens with zero attached hydrogens (tertiary/aromatic N) is 2. The van der Waals surface area contributed by atoms with Crippen molar-refractivity contribution in [3.8, 4) is 11.1 Å². The maximum atomic E-state index is 9.76. The monoisotopic (exact) mass is 290 g/mol. The third-order valence-corrected chi connectivity index (χ3v) is 3.91. The second-order valence-corrected chi connectivity index (χ2v) is 5.22. The number of rotatable bonds is 3. The van der Waals surface area contributed by atoms with Crippen LogP contribution in [-0.4, -0.2) is 16.6 Å². The first kappa shape index (κ1) is 14.1. The maximum absolute atomic E-state index is 9.76. The quantitative estimate of drug-likeness (QED) is 0.842. The van der Waals surface area contributed by atoms with Crippen LogP contribution in [0.4, 0.5) is 5.69 Å². The van der Waals surface area contributed by atoms with E-state index in [1.54, 1.807) is 12.4 Å². The molecule has 0 aliphatic carbocycles. The van der Waals surface area contributed by atoms with Gasteiger partial charge < -0.3 is 10.0 Å². The third-order valence-electron chi connectivity index (χ3n) is 3.91. The fourth-order valence-corrected chi connectivity index (χ4v) is 2.71. The van der Waals surface area contributed by atoms with E-state index in [1.807, 2.05) is 24.4 Å². The van der Waals surface area contributed by atoms with E-state index in [-0.39, 0.29) is 5.76 Å². The zero-order valence-corrected chi connectivity index (χ0v) is 12.6. The van der Waals surface area contributed by atoms with Gasteiger partial charge in [0.05, 0.1) is 0 Å². The molecule has 1 aliphatic heterocycles. The average Bonchev–Trinajstić information content (AvgIpc) is 2.55. The molecule has 1 aromatic heterocycles. The van der Waals surface area contributed by atoms with Gasteiger partial charge in [0.15, 0.2) is 0 Å². The van der Waals surface area contributed by atoms with Gasteiger partial charge in [0.1, 0.15) is 5.76 Å². The Bertz CT molecular complexity index is 775. The summed E-state index contributed by atoms with van der Waals surface area (Å²) in [6.45, 7) is 10.6. The van der Waals surface area contributed by atoms with E-state index in [1.165, 1.54) is 0 Å². The minimum atomic E-state index is 0.0484. The van der Waals surface area contributed by atoms with Crippen molar-refractivity contribution in [2.45, 2.75) is 6.92 Å². The van der Waals surface area contributed by atoms with Crippen molar-refractivity contribution < 1.29 is 5.11 Å². The molecule has 1 aliphatic rings. The van der Waals surface area contributed by atoms with E-state index < -0.39 is 0 Å². The Balaban J connectivity index is 2.12. The highest BCUT2D eigenvalue weighted by Crippen LogP contribution is 2.40. The minimum absolute atomic E-state index is 0.0484. The molecule has 0 fully saturated rings. The lowest BCUT2D eigenvalue weighted by Gasteiger charge is -2.30. The van der Waals surface area contributed by atoms with Crippen molar-refractivity contribution >= 4 is 11.3 Å². The van der Waals surface area contributed by atoms with Crippen molar-refractivity contribution in [2.75, 3.05) is 11.4 Å². The summed E-state index contributed by atoms with van der Waals surface area (Å²) >= 11 is 0. The predicted molar refractivity (Wildman–Crippen MR) is 91.6 cm³/mol. The van der Waals surface area contributed by atoms with Crippen LogP contribution in [0.15, 0.2) is 73.4 Å². The highest BCUT2D eigenvalue weighted by Gasteiger charge is 2.22. The average molecular weight is 290 g/mol. The number of hydrogen-bond acceptors (Lipinski definition) is 3. The lowest BCUT2D eigenvalue weighted by Crippen LogP contribution is -2.21. The molecule has 0 spiro atoms. The van der Waals surface area contributed by atoms with Gasteiger partial charge in [-0.25, -0.2) is 0 Å². The Morgan fingerprint density at radius 2 is 1.91 bits per heavy atom. The van der Waals surface area contributed by atoms with Gasteiger partial charge in [-0.05, 0) is 41.8 Å². The number of allylic oxidation sites excluding steroid dienone is 1. The van der Waals surface area contributed by atoms with Crippen LogP contribution >= 0.6 is 0 Å². The maximum Gasteiger partial charge on any atom is 0.117 e. The molecule has 2 heterocycles. The number of fused-ring (bicyclic) bond motifs is 1. The molecule has 0 amide bonds. The molecule has 3 rings (SSSR count). The molecule has 3 nitrogen and oxygen atoms in total. The molecule has 3 heteroatoms. The summed E-state index contributed by atoms with van der Waals surface area (Å²) in [5, 5.41) is 9.76. The highest BCUT2D eigenvalue weighted by atomic mass is 16.3. The Kier molecular flexibility index (Phi) is 3.55. The molecule has 22 heavy (non-hydrogen) atoms. The van der Waals surface area contributed by atoms with Crippen molar-refractivity contribution in [2.24, 2.45) is 0 Å². The van der Waals surface area contributed by atoms with Gasteiger partial charge in [-0.1, -0.05) is 25.3 Å². The number of anilines is 1. The lowest BCUT2D eigenvalue weighted by atomic mass is 9.91. The second kappa shape index (κ2) is 5.53. The first-order chi connectivity index (χ1) is 10.6. The van der Waals surface area contributed by atoms with Crippen molar-refractivity contribution in [3.63, 3.8) is 0 Å². The van der Waals surface area contributed by atoms with Crippen molar-refractivity contribution in [1.82, 2.24) is 4.98 Å². The van der Waals surface area contributed by atoms with Gasteiger partial charge in [-0.3, -0.25) is 4.98 Å². The van der Waals surface area contributed by atoms with Crippen LogP contribution < -0.4 is 4.90 Å². The Morgan fingerprint density at radius 1 is 1.18 bits per heavy atom. The Morgan fingerprint density at radius 3 is 2.55 bits per heavy atom. The largest absolute Gasteiger partial charge is 0.508 e. The van der Waals surface area contributed by atoms with Crippen LogP contribution in [0.2, 0.25) is 0 Å². The molecule has 0 radical (unpaired) electrons. The zero-order chi connectivity index (χ0) is 15.7. The van der Waals surface area contributed by atoms with E-state index in [0.29, 0.717) is 5.57 Å². The molecular formula is C19H18N2O. The molecule has 110 valence electrons. The summed E-state index contributed by atoms with van der Waals surface area (Å²) in [5.41, 5.74) is 5.85. The van der Waals surface area contributed by atoms with Crippen LogP contribution in [0, 0.1) is 0 Å². The molecule has 0 saturated carbocycles. The molecule has 0 atom stereocenters. The second-order valence-electron chi connectivity index (χ2n) is 5.22. The summed E-state index contributed by atoms with van der Waals surface area (Å²) in [6.07, 6.45) is 5.49. The Labute approximate surface area is 130 Å². The van der Waals surface area contributed by atoms with E-state index >= 15 is 0 Å². The number of hydrogen-bond donors (Lipinski definition) is 1. The van der Waals surface area contributed by atoms with Crippen LogP contribution in [0.5, 0.6) is 0 Å². The summed E-state index contributed by atoms with van der Waals surface area (Å²) in [7, 11) is 0. The molecule has 0 bridgehead atoms. The summed E-state index contributed by atoms with van der Waals surface area (Å²) in [4.78, 5) is 6.16. The third kappa shape index (κ3) is 2.31. The summed E-state index contributed by atoms with van der Waals surface area (Å²) in [6, 6.07) is 10.2. The molecule has 0 unspecified atom stereocenters. The van der Waals surface area contributed by atoms with Gasteiger partial charge in [0, 0.05) is 42.0 Å². The normalized spacial score (nSPS) is 13.6.